The topological polar surface area (TPSA) is 72.5 Å². The first-order valence-electron chi connectivity index (χ1n) is 8.36. The summed E-state index contributed by atoms with van der Waals surface area (Å²) in [7, 11) is 0. The molecule has 6 heteroatoms. The van der Waals surface area contributed by atoms with E-state index in [0.717, 1.165) is 5.56 Å². The SMILES string of the molecule is O=C([O-])CCCC(=O)N1NC(c2ccccc2)=C[C@@H]1c1ccccc1F. The molecule has 26 heavy (non-hydrogen) atoms. The van der Waals surface area contributed by atoms with E-state index in [0.29, 0.717) is 11.3 Å². The fraction of sp³-hybridized carbons (Fsp3) is 0.200. The first-order chi connectivity index (χ1) is 12.6. The van der Waals surface area contributed by atoms with Gasteiger partial charge in [0, 0.05) is 18.0 Å². The van der Waals surface area contributed by atoms with Crippen molar-refractivity contribution in [3.63, 3.8) is 0 Å². The van der Waals surface area contributed by atoms with Crippen molar-refractivity contribution in [2.24, 2.45) is 0 Å². The quantitative estimate of drug-likeness (QED) is 0.864. The number of nitrogens with zero attached hydrogens (tertiary/aromatic N) is 1. The molecule has 134 valence electrons. The molecule has 3 rings (SSSR count). The number of hydrogen-bond acceptors (Lipinski definition) is 4. The molecular weight excluding hydrogens is 335 g/mol. The van der Waals surface area contributed by atoms with Crippen molar-refractivity contribution in [2.45, 2.75) is 25.3 Å². The van der Waals surface area contributed by atoms with E-state index in [-0.39, 0.29) is 25.2 Å². The van der Waals surface area contributed by atoms with Gasteiger partial charge in [-0.1, -0.05) is 48.5 Å². The zero-order valence-corrected chi connectivity index (χ0v) is 14.0. The van der Waals surface area contributed by atoms with Crippen LogP contribution in [0.2, 0.25) is 0 Å². The highest BCUT2D eigenvalue weighted by Crippen LogP contribution is 2.33. The summed E-state index contributed by atoms with van der Waals surface area (Å²) in [6.07, 6.45) is 1.80. The number of carboxylic acids is 1. The summed E-state index contributed by atoms with van der Waals surface area (Å²) in [6, 6.07) is 15.1. The Labute approximate surface area is 150 Å². The molecular formula is C20H18FN2O3-. The van der Waals surface area contributed by atoms with E-state index in [4.69, 9.17) is 0 Å². The second kappa shape index (κ2) is 7.82. The van der Waals surface area contributed by atoms with Crippen LogP contribution in [-0.2, 0) is 9.59 Å². The van der Waals surface area contributed by atoms with E-state index in [1.807, 2.05) is 30.3 Å². The van der Waals surface area contributed by atoms with Gasteiger partial charge in [0.05, 0.1) is 5.70 Å². The van der Waals surface area contributed by atoms with Crippen LogP contribution in [0.15, 0.2) is 60.7 Å². The smallest absolute Gasteiger partial charge is 0.241 e. The fourth-order valence-corrected chi connectivity index (χ4v) is 2.91. The van der Waals surface area contributed by atoms with Crippen LogP contribution in [0.4, 0.5) is 4.39 Å². The molecule has 0 saturated heterocycles. The van der Waals surface area contributed by atoms with Crippen LogP contribution in [0.25, 0.3) is 5.70 Å². The first-order valence-corrected chi connectivity index (χ1v) is 8.36. The number of aliphatic carboxylic acids is 1. The molecule has 1 heterocycles. The molecule has 0 unspecified atom stereocenters. The van der Waals surface area contributed by atoms with Crippen molar-refractivity contribution in [1.82, 2.24) is 10.4 Å². The third-order valence-corrected chi connectivity index (χ3v) is 4.19. The summed E-state index contributed by atoms with van der Waals surface area (Å²) in [6.45, 7) is 0. The molecule has 1 aliphatic rings. The molecule has 0 aliphatic carbocycles. The Kier molecular flexibility index (Phi) is 5.31. The number of halogens is 1. The summed E-state index contributed by atoms with van der Waals surface area (Å²) < 4.78 is 14.3. The third-order valence-electron chi connectivity index (χ3n) is 4.19. The number of carbonyl (C=O) groups is 2. The maximum Gasteiger partial charge on any atom is 0.241 e. The average molecular weight is 353 g/mol. The van der Waals surface area contributed by atoms with Crippen molar-refractivity contribution in [2.75, 3.05) is 0 Å². The Balaban J connectivity index is 1.86. The Hall–Kier alpha value is -3.15. The van der Waals surface area contributed by atoms with E-state index >= 15 is 0 Å². The van der Waals surface area contributed by atoms with Gasteiger partial charge in [-0.05, 0) is 30.5 Å². The van der Waals surface area contributed by atoms with Gasteiger partial charge in [0.1, 0.15) is 11.9 Å². The minimum Gasteiger partial charge on any atom is -0.550 e. The average Bonchev–Trinajstić information content (AvgIpc) is 3.08. The van der Waals surface area contributed by atoms with Crippen molar-refractivity contribution in [3.8, 4) is 0 Å². The van der Waals surface area contributed by atoms with E-state index in [9.17, 15) is 19.1 Å². The van der Waals surface area contributed by atoms with Crippen molar-refractivity contribution in [3.05, 3.63) is 77.6 Å². The predicted molar refractivity (Wildman–Crippen MR) is 92.4 cm³/mol. The lowest BCUT2D eigenvalue weighted by atomic mass is 10.0. The van der Waals surface area contributed by atoms with Crippen LogP contribution in [0.1, 0.15) is 36.4 Å². The number of hydrazine groups is 1. The maximum absolute atomic E-state index is 14.3. The highest BCUT2D eigenvalue weighted by molar-refractivity contribution is 5.81. The normalized spacial score (nSPS) is 16.1. The van der Waals surface area contributed by atoms with Gasteiger partial charge in [-0.25, -0.2) is 9.40 Å². The Morgan fingerprint density at radius 3 is 2.42 bits per heavy atom. The number of carbonyl (C=O) groups excluding carboxylic acids is 2. The zero-order chi connectivity index (χ0) is 18.5. The highest BCUT2D eigenvalue weighted by Gasteiger charge is 2.31. The van der Waals surface area contributed by atoms with E-state index in [2.05, 4.69) is 5.43 Å². The number of benzene rings is 2. The Morgan fingerprint density at radius 1 is 1.04 bits per heavy atom. The van der Waals surface area contributed by atoms with Crippen molar-refractivity contribution >= 4 is 17.6 Å². The summed E-state index contributed by atoms with van der Waals surface area (Å²) >= 11 is 0. The molecule has 1 amide bonds. The highest BCUT2D eigenvalue weighted by atomic mass is 19.1. The molecule has 0 aromatic heterocycles. The molecule has 2 aromatic rings. The van der Waals surface area contributed by atoms with Crippen molar-refractivity contribution < 1.29 is 19.1 Å². The van der Waals surface area contributed by atoms with Crippen LogP contribution >= 0.6 is 0 Å². The molecule has 0 spiro atoms. The first kappa shape index (κ1) is 17.7. The lowest BCUT2D eigenvalue weighted by Crippen LogP contribution is -2.39. The van der Waals surface area contributed by atoms with Crippen LogP contribution in [-0.4, -0.2) is 16.9 Å². The lowest BCUT2D eigenvalue weighted by molar-refractivity contribution is -0.305. The molecule has 1 atom stereocenters. The van der Waals surface area contributed by atoms with Gasteiger partial charge in [0.15, 0.2) is 0 Å². The third kappa shape index (κ3) is 3.91. The molecule has 2 aromatic carbocycles. The summed E-state index contributed by atoms with van der Waals surface area (Å²) in [4.78, 5) is 23.2. The van der Waals surface area contributed by atoms with Gasteiger partial charge in [-0.15, -0.1) is 0 Å². The van der Waals surface area contributed by atoms with E-state index in [1.54, 1.807) is 24.3 Å². The molecule has 0 bridgehead atoms. The van der Waals surface area contributed by atoms with Crippen LogP contribution in [0.3, 0.4) is 0 Å². The lowest BCUT2D eigenvalue weighted by Gasteiger charge is -2.26. The molecule has 1 N–H and O–H groups in total. The van der Waals surface area contributed by atoms with Gasteiger partial charge in [0.2, 0.25) is 5.91 Å². The molecule has 1 aliphatic heterocycles. The number of amides is 1. The number of carboxylic acid groups (broad SMARTS) is 1. The van der Waals surface area contributed by atoms with Crippen LogP contribution in [0, 0.1) is 5.82 Å². The molecule has 0 saturated carbocycles. The minimum absolute atomic E-state index is 0.0296. The Morgan fingerprint density at radius 2 is 1.73 bits per heavy atom. The number of nitrogens with one attached hydrogen (secondary N) is 1. The maximum atomic E-state index is 14.3. The van der Waals surface area contributed by atoms with E-state index < -0.39 is 17.8 Å². The summed E-state index contributed by atoms with van der Waals surface area (Å²) in [5, 5.41) is 11.9. The van der Waals surface area contributed by atoms with Gasteiger partial charge in [-0.3, -0.25) is 10.2 Å². The second-order valence-electron chi connectivity index (χ2n) is 6.01. The number of hydrogen-bond donors (Lipinski definition) is 1. The molecule has 0 fully saturated rings. The predicted octanol–water partition coefficient (Wildman–Crippen LogP) is 2.17. The fourth-order valence-electron chi connectivity index (χ4n) is 2.91. The number of rotatable bonds is 6. The minimum atomic E-state index is -1.19. The second-order valence-corrected chi connectivity index (χ2v) is 6.01. The van der Waals surface area contributed by atoms with Gasteiger partial charge in [0.25, 0.3) is 0 Å². The van der Waals surface area contributed by atoms with Crippen molar-refractivity contribution in [1.29, 1.82) is 0 Å². The zero-order valence-electron chi connectivity index (χ0n) is 14.0. The largest absolute Gasteiger partial charge is 0.550 e. The monoisotopic (exact) mass is 353 g/mol. The van der Waals surface area contributed by atoms with Gasteiger partial charge in [-0.2, -0.15) is 0 Å². The van der Waals surface area contributed by atoms with Crippen LogP contribution < -0.4 is 10.5 Å². The Bertz CT molecular complexity index is 836. The van der Waals surface area contributed by atoms with Crippen LogP contribution in [0.5, 0.6) is 0 Å². The summed E-state index contributed by atoms with van der Waals surface area (Å²) in [5.41, 5.74) is 4.99. The van der Waals surface area contributed by atoms with Gasteiger partial charge < -0.3 is 9.90 Å². The molecule has 0 radical (unpaired) electrons. The van der Waals surface area contributed by atoms with E-state index in [1.165, 1.54) is 11.1 Å². The summed E-state index contributed by atoms with van der Waals surface area (Å²) in [5.74, 6) is -1.90. The standard InChI is InChI=1S/C20H19FN2O3/c21-16-10-5-4-9-15(16)18-13-17(14-7-2-1-3-8-14)22-23(18)19(24)11-6-12-20(25)26/h1-5,7-10,13,18,22H,6,11-12H2,(H,25,26)/p-1/t18-/m1/s1. The van der Waals surface area contributed by atoms with Gasteiger partial charge >= 0.3 is 0 Å². The molecule has 5 nitrogen and oxygen atoms in total.